The first kappa shape index (κ1) is 14.5. The second-order valence-corrected chi connectivity index (χ2v) is 6.57. The smallest absolute Gasteiger partial charge is 0.233 e. The normalized spacial score (nSPS) is 26.6. The van der Waals surface area contributed by atoms with Gasteiger partial charge in [0.1, 0.15) is 6.42 Å². The molecule has 2 amide bonds. The van der Waals surface area contributed by atoms with Gasteiger partial charge >= 0.3 is 0 Å². The summed E-state index contributed by atoms with van der Waals surface area (Å²) in [6, 6.07) is 5.67. The summed E-state index contributed by atoms with van der Waals surface area (Å²) >= 11 is 3.70. The van der Waals surface area contributed by atoms with Crippen LogP contribution in [0, 0.1) is 5.92 Å². The zero-order valence-corrected chi connectivity index (χ0v) is 13.3. The van der Waals surface area contributed by atoms with Gasteiger partial charge in [0.25, 0.3) is 0 Å². The highest BCUT2D eigenvalue weighted by Gasteiger charge is 2.32. The van der Waals surface area contributed by atoms with Gasteiger partial charge in [0.05, 0.1) is 22.3 Å². The van der Waals surface area contributed by atoms with Crippen LogP contribution in [0.15, 0.2) is 18.2 Å². The van der Waals surface area contributed by atoms with E-state index in [4.69, 9.17) is 4.74 Å². The first-order valence-corrected chi connectivity index (χ1v) is 7.95. The highest BCUT2D eigenvalue weighted by Crippen LogP contribution is 2.39. The van der Waals surface area contributed by atoms with Crippen LogP contribution in [0.4, 0.5) is 11.4 Å². The van der Waals surface area contributed by atoms with Crippen LogP contribution < -0.4 is 10.6 Å². The maximum absolute atomic E-state index is 11.6. The fraction of sp³-hybridized carbons (Fsp3) is 0.467. The molecule has 0 spiro atoms. The number of benzene rings is 1. The van der Waals surface area contributed by atoms with Gasteiger partial charge in [-0.15, -0.1) is 0 Å². The molecule has 5 nitrogen and oxygen atoms in total. The van der Waals surface area contributed by atoms with Crippen molar-refractivity contribution < 1.29 is 14.3 Å². The average Bonchev–Trinajstić information content (AvgIpc) is 2.79. The summed E-state index contributed by atoms with van der Waals surface area (Å²) in [7, 11) is 0. The second-order valence-electron chi connectivity index (χ2n) is 5.58. The molecule has 1 saturated heterocycles. The molecule has 21 heavy (non-hydrogen) atoms. The Morgan fingerprint density at radius 3 is 2.62 bits per heavy atom. The van der Waals surface area contributed by atoms with E-state index in [0.29, 0.717) is 17.3 Å². The number of hydrogen-bond donors (Lipinski definition) is 2. The van der Waals surface area contributed by atoms with Crippen molar-refractivity contribution in [3.05, 3.63) is 23.8 Å². The molecule has 2 aliphatic rings. The van der Waals surface area contributed by atoms with Crippen LogP contribution in [0.3, 0.4) is 0 Å². The third kappa shape index (κ3) is 2.96. The van der Waals surface area contributed by atoms with Crippen LogP contribution in [0.5, 0.6) is 0 Å². The molecule has 1 aromatic carbocycles. The van der Waals surface area contributed by atoms with Crippen LogP contribution in [-0.4, -0.2) is 24.5 Å². The van der Waals surface area contributed by atoms with Gasteiger partial charge in [0, 0.05) is 6.61 Å². The third-order valence-electron chi connectivity index (χ3n) is 3.96. The van der Waals surface area contributed by atoms with E-state index in [0.717, 1.165) is 18.6 Å². The fourth-order valence-electron chi connectivity index (χ4n) is 2.76. The predicted molar refractivity (Wildman–Crippen MR) is 83.5 cm³/mol. The Balaban J connectivity index is 1.88. The number of nitrogens with one attached hydrogen (secondary N) is 2. The van der Waals surface area contributed by atoms with E-state index >= 15 is 0 Å². The quantitative estimate of drug-likeness (QED) is 0.635. The number of carbonyl (C=O) groups excluding carboxylic acids is 2. The summed E-state index contributed by atoms with van der Waals surface area (Å²) in [5.41, 5.74) is 2.30. The Bertz CT molecular complexity index is 590. The minimum atomic E-state index is -0.292. The van der Waals surface area contributed by atoms with Crippen molar-refractivity contribution >= 4 is 39.1 Å². The molecule has 0 radical (unpaired) electrons. The van der Waals surface area contributed by atoms with Gasteiger partial charge in [-0.1, -0.05) is 28.9 Å². The number of ether oxygens (including phenoxy) is 1. The van der Waals surface area contributed by atoms with Crippen molar-refractivity contribution in [1.82, 2.24) is 0 Å². The van der Waals surface area contributed by atoms with E-state index in [1.54, 1.807) is 0 Å². The lowest BCUT2D eigenvalue weighted by atomic mass is 9.97. The largest absolute Gasteiger partial charge is 0.376 e. The highest BCUT2D eigenvalue weighted by atomic mass is 79.9. The second kappa shape index (κ2) is 5.77. The van der Waals surface area contributed by atoms with Gasteiger partial charge in [-0.2, -0.15) is 0 Å². The summed E-state index contributed by atoms with van der Waals surface area (Å²) in [6.07, 6.45) is 1.04. The first-order valence-electron chi connectivity index (χ1n) is 7.04. The Morgan fingerprint density at radius 1 is 1.24 bits per heavy atom. The third-order valence-corrected chi connectivity index (χ3v) is 5.01. The van der Waals surface area contributed by atoms with E-state index in [2.05, 4.69) is 33.5 Å². The van der Waals surface area contributed by atoms with Crippen molar-refractivity contribution in [2.45, 2.75) is 30.7 Å². The Morgan fingerprint density at radius 2 is 1.95 bits per heavy atom. The minimum Gasteiger partial charge on any atom is -0.376 e. The van der Waals surface area contributed by atoms with Gasteiger partial charge in [-0.25, -0.2) is 0 Å². The van der Waals surface area contributed by atoms with Crippen molar-refractivity contribution in [1.29, 1.82) is 0 Å². The Hall–Kier alpha value is -1.40. The SMILES string of the molecule is CC1CCOC1C(Br)c1ccc2c(c1)NC(=O)CC(=O)N2. The summed E-state index contributed by atoms with van der Waals surface area (Å²) < 4.78 is 5.78. The lowest BCUT2D eigenvalue weighted by Crippen LogP contribution is -2.19. The lowest BCUT2D eigenvalue weighted by Gasteiger charge is -2.22. The molecule has 2 heterocycles. The molecule has 3 rings (SSSR count). The average molecular weight is 353 g/mol. The minimum absolute atomic E-state index is 0.0659. The molecule has 6 heteroatoms. The first-order chi connectivity index (χ1) is 10.0. The molecule has 0 aliphatic carbocycles. The van der Waals surface area contributed by atoms with Crippen LogP contribution in [-0.2, 0) is 14.3 Å². The van der Waals surface area contributed by atoms with Crippen LogP contribution in [0.2, 0.25) is 0 Å². The number of rotatable bonds is 2. The van der Waals surface area contributed by atoms with Gasteiger partial charge < -0.3 is 15.4 Å². The van der Waals surface area contributed by atoms with E-state index in [-0.39, 0.29) is 29.2 Å². The van der Waals surface area contributed by atoms with Crippen molar-refractivity contribution in [3.8, 4) is 0 Å². The highest BCUT2D eigenvalue weighted by molar-refractivity contribution is 9.09. The maximum Gasteiger partial charge on any atom is 0.233 e. The van der Waals surface area contributed by atoms with Crippen molar-refractivity contribution in [2.75, 3.05) is 17.2 Å². The lowest BCUT2D eigenvalue weighted by molar-refractivity contribution is -0.123. The van der Waals surface area contributed by atoms with E-state index in [1.165, 1.54) is 0 Å². The summed E-state index contributed by atoms with van der Waals surface area (Å²) in [5.74, 6) is -0.0929. The fourth-order valence-corrected chi connectivity index (χ4v) is 3.72. The Kier molecular flexibility index (Phi) is 3.99. The summed E-state index contributed by atoms with van der Waals surface area (Å²) in [5, 5.41) is 5.49. The number of amides is 2. The van der Waals surface area contributed by atoms with Gasteiger partial charge in [0.15, 0.2) is 0 Å². The molecule has 0 saturated carbocycles. The summed E-state index contributed by atoms with van der Waals surface area (Å²) in [4.78, 5) is 23.2. The molecule has 112 valence electrons. The molecule has 2 aliphatic heterocycles. The topological polar surface area (TPSA) is 67.4 Å². The van der Waals surface area contributed by atoms with E-state index in [1.807, 2.05) is 18.2 Å². The molecule has 1 fully saturated rings. The maximum atomic E-state index is 11.6. The van der Waals surface area contributed by atoms with E-state index in [9.17, 15) is 9.59 Å². The zero-order chi connectivity index (χ0) is 15.0. The predicted octanol–water partition coefficient (Wildman–Crippen LogP) is 2.83. The number of carbonyl (C=O) groups is 2. The summed E-state index contributed by atoms with van der Waals surface area (Å²) in [6.45, 7) is 2.96. The van der Waals surface area contributed by atoms with E-state index < -0.39 is 0 Å². The molecule has 3 atom stereocenters. The molecule has 0 aromatic heterocycles. The monoisotopic (exact) mass is 352 g/mol. The number of alkyl halides is 1. The number of fused-ring (bicyclic) bond motifs is 1. The molecular formula is C15H17BrN2O3. The number of hydrogen-bond acceptors (Lipinski definition) is 3. The molecule has 0 bridgehead atoms. The standard InChI is InChI=1S/C15H17BrN2O3/c1-8-4-5-21-15(8)14(16)9-2-3-10-11(6-9)18-13(20)7-12(19)17-10/h2-3,6,8,14-15H,4-5,7H2,1H3,(H,17,19)(H,18,20). The van der Waals surface area contributed by atoms with Crippen LogP contribution in [0.1, 0.15) is 30.2 Å². The molecule has 3 unspecified atom stereocenters. The molecule has 1 aromatic rings. The zero-order valence-electron chi connectivity index (χ0n) is 11.7. The van der Waals surface area contributed by atoms with Crippen LogP contribution in [0.25, 0.3) is 0 Å². The van der Waals surface area contributed by atoms with Gasteiger partial charge in [0.2, 0.25) is 11.8 Å². The van der Waals surface area contributed by atoms with Crippen molar-refractivity contribution in [2.24, 2.45) is 5.92 Å². The molecule has 2 N–H and O–H groups in total. The Labute approximate surface area is 131 Å². The number of anilines is 2. The number of halogens is 1. The van der Waals surface area contributed by atoms with Gasteiger partial charge in [-0.3, -0.25) is 9.59 Å². The van der Waals surface area contributed by atoms with Gasteiger partial charge in [-0.05, 0) is 30.0 Å². The van der Waals surface area contributed by atoms with Crippen LogP contribution >= 0.6 is 15.9 Å². The molecular weight excluding hydrogens is 336 g/mol. The van der Waals surface area contributed by atoms with Crippen molar-refractivity contribution in [3.63, 3.8) is 0 Å².